The zero-order valence-corrected chi connectivity index (χ0v) is 20.0. The van der Waals surface area contributed by atoms with Gasteiger partial charge in [-0.05, 0) is 49.6 Å². The number of carbonyl (C=O) groups is 3. The van der Waals surface area contributed by atoms with Crippen molar-refractivity contribution in [2.75, 3.05) is 26.3 Å². The summed E-state index contributed by atoms with van der Waals surface area (Å²) in [6.45, 7) is 3.02. The summed E-state index contributed by atoms with van der Waals surface area (Å²) < 4.78 is 17.4. The maximum atomic E-state index is 13.4. The van der Waals surface area contributed by atoms with Gasteiger partial charge in [0.2, 0.25) is 5.91 Å². The predicted molar refractivity (Wildman–Crippen MR) is 130 cm³/mol. The summed E-state index contributed by atoms with van der Waals surface area (Å²) in [4.78, 5) is 42.3. The Kier molecular flexibility index (Phi) is 5.35. The van der Waals surface area contributed by atoms with Crippen molar-refractivity contribution in [3.8, 4) is 11.5 Å². The van der Waals surface area contributed by atoms with E-state index in [0.29, 0.717) is 42.6 Å². The lowest BCUT2D eigenvalue weighted by Gasteiger charge is -2.27. The van der Waals surface area contributed by atoms with E-state index in [4.69, 9.17) is 13.9 Å². The minimum atomic E-state index is -1.38. The maximum absolute atomic E-state index is 13.4. The number of para-hydroxylation sites is 1. The number of ether oxygens (including phenoxy) is 2. The zero-order valence-electron chi connectivity index (χ0n) is 20.0. The summed E-state index contributed by atoms with van der Waals surface area (Å²) in [5.41, 5.74) is 0.199. The number of imide groups is 1. The molecular weight excluding hydrogens is 462 g/mol. The zero-order chi connectivity index (χ0) is 24.9. The molecule has 4 heterocycles. The molecule has 0 unspecified atom stereocenters. The lowest BCUT2D eigenvalue weighted by molar-refractivity contribution is -0.139. The number of urea groups is 1. The minimum absolute atomic E-state index is 0.155. The summed E-state index contributed by atoms with van der Waals surface area (Å²) >= 11 is 0. The number of carbonyl (C=O) groups excluding carboxylic acids is 3. The van der Waals surface area contributed by atoms with Crippen molar-refractivity contribution in [3.05, 3.63) is 59.9 Å². The van der Waals surface area contributed by atoms with Gasteiger partial charge in [-0.1, -0.05) is 24.3 Å². The second-order valence-electron chi connectivity index (χ2n) is 9.60. The van der Waals surface area contributed by atoms with Crippen LogP contribution in [0.2, 0.25) is 0 Å². The predicted octanol–water partition coefficient (Wildman–Crippen LogP) is 3.72. The second-order valence-corrected chi connectivity index (χ2v) is 9.60. The lowest BCUT2D eigenvalue weighted by Crippen LogP contribution is -2.44. The van der Waals surface area contributed by atoms with Gasteiger partial charge in [0.15, 0.2) is 17.0 Å². The smallest absolute Gasteiger partial charge is 0.325 e. The van der Waals surface area contributed by atoms with Gasteiger partial charge in [0.05, 0.1) is 19.3 Å². The largest absolute Gasteiger partial charge is 0.490 e. The van der Waals surface area contributed by atoms with Crippen LogP contribution in [0.3, 0.4) is 0 Å². The van der Waals surface area contributed by atoms with Crippen molar-refractivity contribution in [2.24, 2.45) is 0 Å². The van der Waals surface area contributed by atoms with Crippen molar-refractivity contribution < 1.29 is 28.3 Å². The van der Waals surface area contributed by atoms with E-state index >= 15 is 0 Å². The molecule has 0 radical (unpaired) electrons. The highest BCUT2D eigenvalue weighted by Crippen LogP contribution is 2.38. The first-order valence-electron chi connectivity index (χ1n) is 12.3. The van der Waals surface area contributed by atoms with Crippen molar-refractivity contribution in [1.82, 2.24) is 15.1 Å². The maximum Gasteiger partial charge on any atom is 0.325 e. The molecule has 2 saturated heterocycles. The van der Waals surface area contributed by atoms with Crippen LogP contribution in [0.5, 0.6) is 11.5 Å². The van der Waals surface area contributed by atoms with Crippen LogP contribution < -0.4 is 14.8 Å². The van der Waals surface area contributed by atoms with Gasteiger partial charge in [0.1, 0.15) is 17.9 Å². The molecule has 3 aliphatic heterocycles. The Bertz CT molecular complexity index is 1330. The lowest BCUT2D eigenvalue weighted by atomic mass is 9.99. The van der Waals surface area contributed by atoms with Crippen molar-refractivity contribution in [3.63, 3.8) is 0 Å². The molecule has 9 nitrogen and oxygen atoms in total. The van der Waals surface area contributed by atoms with E-state index < -0.39 is 17.5 Å². The Balaban J connectivity index is 1.21. The molecule has 2 aromatic carbocycles. The molecule has 186 valence electrons. The van der Waals surface area contributed by atoms with Crippen LogP contribution >= 0.6 is 0 Å². The molecule has 6 rings (SSSR count). The number of hydrogen-bond acceptors (Lipinski definition) is 6. The van der Waals surface area contributed by atoms with E-state index in [1.54, 1.807) is 24.0 Å². The Hall–Kier alpha value is -4.01. The summed E-state index contributed by atoms with van der Waals surface area (Å²) in [5.74, 6) is 0.938. The van der Waals surface area contributed by atoms with E-state index in [0.717, 1.165) is 35.1 Å². The highest BCUT2D eigenvalue weighted by molar-refractivity contribution is 6.09. The molecule has 0 bridgehead atoms. The van der Waals surface area contributed by atoms with Crippen LogP contribution in [0.4, 0.5) is 4.79 Å². The molecule has 1 N–H and O–H groups in total. The molecule has 0 aliphatic carbocycles. The molecule has 9 heteroatoms. The number of nitrogens with zero attached hydrogens (tertiary/aromatic N) is 2. The van der Waals surface area contributed by atoms with Gasteiger partial charge in [0, 0.05) is 18.4 Å². The fourth-order valence-corrected chi connectivity index (χ4v) is 5.26. The van der Waals surface area contributed by atoms with Gasteiger partial charge in [-0.25, -0.2) is 4.79 Å². The van der Waals surface area contributed by atoms with Crippen LogP contribution in [0.1, 0.15) is 43.6 Å². The molecule has 0 spiro atoms. The fourth-order valence-electron chi connectivity index (χ4n) is 5.26. The van der Waals surface area contributed by atoms with Crippen LogP contribution in [0.25, 0.3) is 11.0 Å². The van der Waals surface area contributed by atoms with E-state index in [9.17, 15) is 14.4 Å². The number of amides is 4. The van der Waals surface area contributed by atoms with E-state index in [1.165, 1.54) is 0 Å². The standard InChI is InChI=1S/C27H27N3O6/c1-27(23-15-18-6-2-3-8-20(18)36-23)25(32)30(26(33)28-27)16-24(31)29-11-4-7-19(29)17-9-10-21-22(14-17)35-13-5-12-34-21/h2-3,6,8-10,14-15,19H,4-5,7,11-13,16H2,1H3,(H,28,33)/t19-,27+/m1/s1. The molecule has 2 fully saturated rings. The highest BCUT2D eigenvalue weighted by atomic mass is 16.5. The number of benzene rings is 2. The average molecular weight is 490 g/mol. The Morgan fingerprint density at radius 2 is 1.86 bits per heavy atom. The Morgan fingerprint density at radius 1 is 1.06 bits per heavy atom. The second kappa shape index (κ2) is 8.58. The minimum Gasteiger partial charge on any atom is -0.490 e. The third kappa shape index (κ3) is 3.66. The normalized spacial score (nSPS) is 23.8. The third-order valence-electron chi connectivity index (χ3n) is 7.22. The van der Waals surface area contributed by atoms with Gasteiger partial charge in [-0.2, -0.15) is 0 Å². The molecule has 4 amide bonds. The third-order valence-corrected chi connectivity index (χ3v) is 7.22. The first kappa shape index (κ1) is 22.5. The quantitative estimate of drug-likeness (QED) is 0.561. The van der Waals surface area contributed by atoms with Crippen molar-refractivity contribution >= 4 is 28.8 Å². The summed E-state index contributed by atoms with van der Waals surface area (Å²) in [6.07, 6.45) is 2.45. The SMILES string of the molecule is C[C@@]1(c2cc3ccccc3o2)NC(=O)N(CC(=O)N2CCC[C@@H]2c2ccc3c(c2)OCCCO3)C1=O. The van der Waals surface area contributed by atoms with Gasteiger partial charge in [-0.15, -0.1) is 0 Å². The van der Waals surface area contributed by atoms with E-state index in [2.05, 4.69) is 5.32 Å². The molecular formula is C27H27N3O6. The molecule has 36 heavy (non-hydrogen) atoms. The van der Waals surface area contributed by atoms with Crippen LogP contribution in [0.15, 0.2) is 52.9 Å². The summed E-state index contributed by atoms with van der Waals surface area (Å²) in [5, 5.41) is 3.56. The fraction of sp³-hybridized carbons (Fsp3) is 0.370. The van der Waals surface area contributed by atoms with Crippen molar-refractivity contribution in [2.45, 2.75) is 37.8 Å². The van der Waals surface area contributed by atoms with Gasteiger partial charge >= 0.3 is 6.03 Å². The molecule has 2 atom stereocenters. The van der Waals surface area contributed by atoms with Crippen LogP contribution in [0, 0.1) is 0 Å². The number of fused-ring (bicyclic) bond motifs is 2. The van der Waals surface area contributed by atoms with Gasteiger partial charge in [0.25, 0.3) is 5.91 Å². The first-order valence-corrected chi connectivity index (χ1v) is 12.3. The molecule has 1 aromatic heterocycles. The van der Waals surface area contributed by atoms with Gasteiger partial charge in [-0.3, -0.25) is 14.5 Å². The summed E-state index contributed by atoms with van der Waals surface area (Å²) in [7, 11) is 0. The van der Waals surface area contributed by atoms with E-state index in [1.807, 2.05) is 36.4 Å². The van der Waals surface area contributed by atoms with Crippen molar-refractivity contribution in [1.29, 1.82) is 0 Å². The van der Waals surface area contributed by atoms with E-state index in [-0.39, 0.29) is 18.5 Å². The average Bonchev–Trinajstić information content (AvgIpc) is 3.54. The number of hydrogen-bond donors (Lipinski definition) is 1. The monoisotopic (exact) mass is 489 g/mol. The highest BCUT2D eigenvalue weighted by Gasteiger charge is 2.52. The van der Waals surface area contributed by atoms with Crippen LogP contribution in [-0.4, -0.2) is 53.9 Å². The number of nitrogens with one attached hydrogen (secondary N) is 1. The number of likely N-dealkylation sites (tertiary alicyclic amines) is 1. The topological polar surface area (TPSA) is 101 Å². The Labute approximate surface area is 207 Å². The Morgan fingerprint density at radius 3 is 2.69 bits per heavy atom. The number of rotatable bonds is 4. The first-order chi connectivity index (χ1) is 17.4. The summed E-state index contributed by atoms with van der Waals surface area (Å²) in [6, 6.07) is 14.2. The molecule has 0 saturated carbocycles. The van der Waals surface area contributed by atoms with Crippen LogP contribution in [-0.2, 0) is 15.1 Å². The van der Waals surface area contributed by atoms with Gasteiger partial charge < -0.3 is 24.1 Å². The number of furan rings is 1. The molecule has 3 aromatic rings. The molecule has 3 aliphatic rings.